The van der Waals surface area contributed by atoms with E-state index in [1.165, 1.54) is 4.68 Å². The van der Waals surface area contributed by atoms with Crippen molar-refractivity contribution in [3.8, 4) is 11.5 Å². The Morgan fingerprint density at radius 3 is 2.30 bits per heavy atom. The molecule has 0 saturated heterocycles. The van der Waals surface area contributed by atoms with Gasteiger partial charge in [-0.05, 0) is 50.6 Å². The molecule has 1 aromatic heterocycles. The Morgan fingerprint density at radius 1 is 1.04 bits per heavy atom. The standard InChI is InChI=1S/C21H22N2O4/c1-4-13-26-15-9-11-16(12-10-15)27-21(25)19-17-7-5-6-8-18(17)20(24)23(22-19)14(2)3/h5-12,14H,4,13H2,1-3H3. The molecule has 140 valence electrons. The molecular formula is C21H22N2O4. The molecule has 27 heavy (non-hydrogen) atoms. The molecule has 0 saturated carbocycles. The van der Waals surface area contributed by atoms with Gasteiger partial charge in [0.2, 0.25) is 0 Å². The van der Waals surface area contributed by atoms with Crippen molar-refractivity contribution >= 4 is 16.7 Å². The molecule has 0 aliphatic rings. The summed E-state index contributed by atoms with van der Waals surface area (Å²) in [4.78, 5) is 25.3. The highest BCUT2D eigenvalue weighted by molar-refractivity contribution is 6.02. The highest BCUT2D eigenvalue weighted by Crippen LogP contribution is 2.21. The summed E-state index contributed by atoms with van der Waals surface area (Å²) >= 11 is 0. The van der Waals surface area contributed by atoms with Gasteiger partial charge in [0, 0.05) is 5.39 Å². The van der Waals surface area contributed by atoms with E-state index < -0.39 is 5.97 Å². The second-order valence-electron chi connectivity index (χ2n) is 6.45. The van der Waals surface area contributed by atoms with Crippen molar-refractivity contribution in [1.29, 1.82) is 0 Å². The number of nitrogens with zero attached hydrogens (tertiary/aromatic N) is 2. The van der Waals surface area contributed by atoms with Crippen molar-refractivity contribution in [3.05, 3.63) is 64.6 Å². The van der Waals surface area contributed by atoms with Crippen LogP contribution < -0.4 is 15.0 Å². The maximum Gasteiger partial charge on any atom is 0.364 e. The van der Waals surface area contributed by atoms with Gasteiger partial charge in [0.15, 0.2) is 5.69 Å². The Hall–Kier alpha value is -3.15. The largest absolute Gasteiger partial charge is 0.494 e. The first-order valence-electron chi connectivity index (χ1n) is 8.98. The zero-order valence-electron chi connectivity index (χ0n) is 15.6. The van der Waals surface area contributed by atoms with E-state index in [1.807, 2.05) is 20.8 Å². The normalized spacial score (nSPS) is 11.0. The van der Waals surface area contributed by atoms with Crippen LogP contribution in [-0.2, 0) is 0 Å². The molecule has 6 nitrogen and oxygen atoms in total. The third-order valence-electron chi connectivity index (χ3n) is 4.02. The van der Waals surface area contributed by atoms with Gasteiger partial charge in [0.25, 0.3) is 5.56 Å². The Bertz CT molecular complexity index is 1010. The Morgan fingerprint density at radius 2 is 1.67 bits per heavy atom. The highest BCUT2D eigenvalue weighted by Gasteiger charge is 2.19. The lowest BCUT2D eigenvalue weighted by Crippen LogP contribution is -2.28. The van der Waals surface area contributed by atoms with Crippen molar-refractivity contribution in [3.63, 3.8) is 0 Å². The first kappa shape index (κ1) is 18.6. The fourth-order valence-electron chi connectivity index (χ4n) is 2.69. The summed E-state index contributed by atoms with van der Waals surface area (Å²) < 4.78 is 12.3. The Balaban J connectivity index is 1.93. The summed E-state index contributed by atoms with van der Waals surface area (Å²) in [6.45, 7) is 6.34. The number of aromatic nitrogens is 2. The molecule has 0 aliphatic carbocycles. The van der Waals surface area contributed by atoms with Crippen LogP contribution in [-0.4, -0.2) is 22.4 Å². The van der Waals surface area contributed by atoms with Crippen molar-refractivity contribution < 1.29 is 14.3 Å². The number of esters is 1. The Kier molecular flexibility index (Phi) is 5.54. The van der Waals surface area contributed by atoms with Crippen LogP contribution in [0, 0.1) is 0 Å². The molecule has 0 bridgehead atoms. The number of benzene rings is 2. The van der Waals surface area contributed by atoms with E-state index in [1.54, 1.807) is 48.5 Å². The van der Waals surface area contributed by atoms with Crippen LogP contribution in [0.5, 0.6) is 11.5 Å². The smallest absolute Gasteiger partial charge is 0.364 e. The first-order valence-corrected chi connectivity index (χ1v) is 8.98. The lowest BCUT2D eigenvalue weighted by molar-refractivity contribution is 0.0727. The first-order chi connectivity index (χ1) is 13.0. The van der Waals surface area contributed by atoms with Crippen LogP contribution in [0.25, 0.3) is 10.8 Å². The number of fused-ring (bicyclic) bond motifs is 1. The lowest BCUT2D eigenvalue weighted by Gasteiger charge is -2.13. The molecule has 0 aliphatic heterocycles. The van der Waals surface area contributed by atoms with Crippen LogP contribution in [0.15, 0.2) is 53.3 Å². The number of carbonyl (C=O) groups is 1. The zero-order valence-corrected chi connectivity index (χ0v) is 15.6. The molecule has 0 radical (unpaired) electrons. The molecule has 2 aromatic carbocycles. The molecule has 0 spiro atoms. The van der Waals surface area contributed by atoms with E-state index in [0.717, 1.165) is 6.42 Å². The molecule has 0 unspecified atom stereocenters. The molecular weight excluding hydrogens is 344 g/mol. The maximum absolute atomic E-state index is 12.7. The molecule has 0 atom stereocenters. The lowest BCUT2D eigenvalue weighted by atomic mass is 10.1. The second kappa shape index (κ2) is 8.03. The molecule has 1 heterocycles. The van der Waals surface area contributed by atoms with Crippen LogP contribution in [0.2, 0.25) is 0 Å². The second-order valence-corrected chi connectivity index (χ2v) is 6.45. The van der Waals surface area contributed by atoms with Crippen LogP contribution >= 0.6 is 0 Å². The minimum atomic E-state index is -0.608. The van der Waals surface area contributed by atoms with E-state index in [-0.39, 0.29) is 17.3 Å². The fourth-order valence-corrected chi connectivity index (χ4v) is 2.69. The van der Waals surface area contributed by atoms with Gasteiger partial charge in [-0.15, -0.1) is 0 Å². The van der Waals surface area contributed by atoms with E-state index in [2.05, 4.69) is 5.10 Å². The van der Waals surface area contributed by atoms with Gasteiger partial charge in [-0.2, -0.15) is 5.10 Å². The molecule has 6 heteroatoms. The van der Waals surface area contributed by atoms with Crippen LogP contribution in [0.4, 0.5) is 0 Å². The molecule has 0 amide bonds. The van der Waals surface area contributed by atoms with Gasteiger partial charge in [0.05, 0.1) is 18.0 Å². The summed E-state index contributed by atoms with van der Waals surface area (Å²) in [5.41, 5.74) is -0.111. The van der Waals surface area contributed by atoms with Gasteiger partial charge >= 0.3 is 5.97 Å². The van der Waals surface area contributed by atoms with Gasteiger partial charge in [-0.3, -0.25) is 4.79 Å². The van der Waals surface area contributed by atoms with Crippen LogP contribution in [0.3, 0.4) is 0 Å². The average Bonchev–Trinajstić information content (AvgIpc) is 2.67. The minimum absolute atomic E-state index is 0.116. The monoisotopic (exact) mass is 366 g/mol. The topological polar surface area (TPSA) is 70.4 Å². The van der Waals surface area contributed by atoms with Gasteiger partial charge in [0.1, 0.15) is 11.5 Å². The van der Waals surface area contributed by atoms with Crippen LogP contribution in [0.1, 0.15) is 43.7 Å². The number of hydrogen-bond donors (Lipinski definition) is 0. The third kappa shape index (κ3) is 4.00. The van der Waals surface area contributed by atoms with Crippen molar-refractivity contribution in [2.45, 2.75) is 33.2 Å². The number of hydrogen-bond acceptors (Lipinski definition) is 5. The average molecular weight is 366 g/mol. The quantitative estimate of drug-likeness (QED) is 0.487. The zero-order chi connectivity index (χ0) is 19.4. The Labute approximate surface area is 157 Å². The molecule has 3 rings (SSSR count). The summed E-state index contributed by atoms with van der Waals surface area (Å²) in [5.74, 6) is 0.494. The number of carbonyl (C=O) groups excluding carboxylic acids is 1. The molecule has 3 aromatic rings. The summed E-state index contributed by atoms with van der Waals surface area (Å²) in [7, 11) is 0. The van der Waals surface area contributed by atoms with Crippen molar-refractivity contribution in [2.75, 3.05) is 6.61 Å². The van der Waals surface area contributed by atoms with E-state index >= 15 is 0 Å². The number of rotatable bonds is 6. The van der Waals surface area contributed by atoms with Gasteiger partial charge < -0.3 is 9.47 Å². The predicted molar refractivity (Wildman–Crippen MR) is 104 cm³/mol. The fraction of sp³-hybridized carbons (Fsp3) is 0.286. The maximum atomic E-state index is 12.7. The van der Waals surface area contributed by atoms with E-state index in [0.29, 0.717) is 28.9 Å². The van der Waals surface area contributed by atoms with Crippen molar-refractivity contribution in [2.24, 2.45) is 0 Å². The minimum Gasteiger partial charge on any atom is -0.494 e. The molecule has 0 N–H and O–H groups in total. The third-order valence-corrected chi connectivity index (χ3v) is 4.02. The predicted octanol–water partition coefficient (Wildman–Crippen LogP) is 3.99. The SMILES string of the molecule is CCCOc1ccc(OC(=O)c2nn(C(C)C)c(=O)c3ccccc23)cc1. The summed E-state index contributed by atoms with van der Waals surface area (Å²) in [6.07, 6.45) is 0.918. The van der Waals surface area contributed by atoms with Gasteiger partial charge in [-0.25, -0.2) is 9.48 Å². The number of ether oxygens (including phenoxy) is 2. The van der Waals surface area contributed by atoms with Crippen molar-refractivity contribution in [1.82, 2.24) is 9.78 Å². The summed E-state index contributed by atoms with van der Waals surface area (Å²) in [5, 5.41) is 5.18. The summed E-state index contributed by atoms with van der Waals surface area (Å²) in [6, 6.07) is 13.6. The highest BCUT2D eigenvalue weighted by atomic mass is 16.5. The van der Waals surface area contributed by atoms with E-state index in [4.69, 9.17) is 9.47 Å². The molecule has 0 fully saturated rings. The van der Waals surface area contributed by atoms with Gasteiger partial charge in [-0.1, -0.05) is 25.1 Å². The van der Waals surface area contributed by atoms with E-state index in [9.17, 15) is 9.59 Å².